The zero-order chi connectivity index (χ0) is 19.2. The summed E-state index contributed by atoms with van der Waals surface area (Å²) >= 11 is 5.86. The average molecular weight is 394 g/mol. The molecule has 0 saturated heterocycles. The minimum absolute atomic E-state index is 0.0256. The zero-order valence-corrected chi connectivity index (χ0v) is 16.2. The van der Waals surface area contributed by atoms with Crippen LogP contribution in [0.2, 0.25) is 5.02 Å². The van der Waals surface area contributed by atoms with E-state index in [1.165, 1.54) is 44.6 Å². The normalized spacial score (nSPS) is 32.2. The van der Waals surface area contributed by atoms with Crippen molar-refractivity contribution in [3.8, 4) is 0 Å². The topological polar surface area (TPSA) is 55.4 Å². The van der Waals surface area contributed by atoms with Gasteiger partial charge in [-0.3, -0.25) is 4.79 Å². The lowest BCUT2D eigenvalue weighted by atomic mass is 9.48. The van der Waals surface area contributed by atoms with Crippen LogP contribution in [0.1, 0.15) is 55.8 Å². The molecule has 1 aromatic rings. The van der Waals surface area contributed by atoms with E-state index in [0.717, 1.165) is 29.9 Å². The average Bonchev–Trinajstić information content (AvgIpc) is 2.58. The van der Waals surface area contributed by atoms with E-state index < -0.39 is 11.8 Å². The van der Waals surface area contributed by atoms with Crippen molar-refractivity contribution in [2.75, 3.05) is 6.61 Å². The van der Waals surface area contributed by atoms with Crippen LogP contribution in [0.3, 0.4) is 0 Å². The first kappa shape index (κ1) is 18.7. The van der Waals surface area contributed by atoms with E-state index in [0.29, 0.717) is 0 Å². The van der Waals surface area contributed by atoms with Crippen LogP contribution in [0.4, 0.5) is 4.39 Å². The molecule has 0 heterocycles. The number of nitrogens with one attached hydrogen (secondary N) is 1. The first-order valence-electron chi connectivity index (χ1n) is 9.76. The number of amides is 1. The quantitative estimate of drug-likeness (QED) is 0.756. The molecular formula is C21H25ClFNO3. The van der Waals surface area contributed by atoms with Crippen molar-refractivity contribution in [3.05, 3.63) is 34.6 Å². The summed E-state index contributed by atoms with van der Waals surface area (Å²) in [5.41, 5.74) is 0.259. The molecule has 146 valence electrons. The molecule has 0 aliphatic heterocycles. The fourth-order valence-corrected chi connectivity index (χ4v) is 6.25. The number of carbonyl (C=O) groups excluding carboxylic acids is 2. The summed E-state index contributed by atoms with van der Waals surface area (Å²) in [7, 11) is 0. The second kappa shape index (κ2) is 7.08. The third kappa shape index (κ3) is 3.71. The van der Waals surface area contributed by atoms with Gasteiger partial charge in [-0.15, -0.1) is 0 Å². The van der Waals surface area contributed by atoms with Gasteiger partial charge in [-0.1, -0.05) is 11.6 Å². The minimum Gasteiger partial charge on any atom is -0.452 e. The van der Waals surface area contributed by atoms with E-state index in [1.54, 1.807) is 0 Å². The third-order valence-corrected chi connectivity index (χ3v) is 7.18. The summed E-state index contributed by atoms with van der Waals surface area (Å²) in [6.45, 7) is 1.73. The minimum atomic E-state index is -0.724. The summed E-state index contributed by atoms with van der Waals surface area (Å²) in [5.74, 6) is 0.887. The van der Waals surface area contributed by atoms with Crippen LogP contribution in [0.5, 0.6) is 0 Å². The summed E-state index contributed by atoms with van der Waals surface area (Å²) in [4.78, 5) is 24.4. The zero-order valence-electron chi connectivity index (χ0n) is 15.5. The van der Waals surface area contributed by atoms with Gasteiger partial charge in [0.25, 0.3) is 5.91 Å². The molecule has 0 unspecified atom stereocenters. The van der Waals surface area contributed by atoms with Gasteiger partial charge in [0.05, 0.1) is 10.6 Å². The Hall–Kier alpha value is -1.62. The van der Waals surface area contributed by atoms with Gasteiger partial charge in [-0.05, 0) is 86.8 Å². The van der Waals surface area contributed by atoms with Crippen molar-refractivity contribution in [2.24, 2.45) is 23.2 Å². The monoisotopic (exact) mass is 393 g/mol. The standard InChI is InChI=1S/C21H25ClFNO3/c1-12(21-8-13-4-14(9-21)6-15(5-13)10-21)24-19(25)11-27-20(26)17-3-2-16(23)7-18(17)22/h2-3,7,12-15H,4-6,8-11H2,1H3,(H,24,25)/t12-,13?,14?,15?,21?/m0/s1. The Morgan fingerprint density at radius 2 is 1.81 bits per heavy atom. The van der Waals surface area contributed by atoms with E-state index >= 15 is 0 Å². The molecule has 5 rings (SSSR count). The summed E-state index contributed by atoms with van der Waals surface area (Å²) < 4.78 is 18.1. The number of esters is 1. The van der Waals surface area contributed by atoms with Crippen molar-refractivity contribution in [1.29, 1.82) is 0 Å². The summed E-state index contributed by atoms with van der Waals surface area (Å²) in [5, 5.41) is 3.03. The highest BCUT2D eigenvalue weighted by atomic mass is 35.5. The van der Waals surface area contributed by atoms with Crippen LogP contribution in [-0.2, 0) is 9.53 Å². The molecule has 0 radical (unpaired) electrons. The first-order valence-corrected chi connectivity index (χ1v) is 10.1. The molecule has 4 saturated carbocycles. The van der Waals surface area contributed by atoms with Crippen molar-refractivity contribution >= 4 is 23.5 Å². The van der Waals surface area contributed by atoms with E-state index in [2.05, 4.69) is 12.2 Å². The molecule has 0 spiro atoms. The molecule has 4 fully saturated rings. The number of benzene rings is 1. The van der Waals surface area contributed by atoms with Crippen LogP contribution in [0, 0.1) is 29.0 Å². The first-order chi connectivity index (χ1) is 12.8. The summed E-state index contributed by atoms with van der Waals surface area (Å²) in [6, 6.07) is 3.52. The molecule has 27 heavy (non-hydrogen) atoms. The Kier molecular flexibility index (Phi) is 4.91. The Labute approximate surface area is 163 Å². The molecule has 1 atom stereocenters. The number of hydrogen-bond donors (Lipinski definition) is 1. The van der Waals surface area contributed by atoms with Gasteiger partial charge in [0, 0.05) is 6.04 Å². The fourth-order valence-electron chi connectivity index (χ4n) is 6.01. The predicted molar refractivity (Wildman–Crippen MR) is 99.9 cm³/mol. The smallest absolute Gasteiger partial charge is 0.340 e. The lowest BCUT2D eigenvalue weighted by molar-refractivity contribution is -0.128. The molecule has 1 N–H and O–H groups in total. The Bertz CT molecular complexity index is 731. The van der Waals surface area contributed by atoms with Crippen LogP contribution in [-0.4, -0.2) is 24.5 Å². The highest BCUT2D eigenvalue weighted by molar-refractivity contribution is 6.33. The Morgan fingerprint density at radius 1 is 1.22 bits per heavy atom. The Balaban J connectivity index is 1.32. The molecule has 4 bridgehead atoms. The number of hydrogen-bond acceptors (Lipinski definition) is 3. The predicted octanol–water partition coefficient (Wildman–Crippen LogP) is 4.36. The second-order valence-electron chi connectivity index (χ2n) is 8.77. The maximum Gasteiger partial charge on any atom is 0.340 e. The van der Waals surface area contributed by atoms with E-state index in [-0.39, 0.29) is 34.6 Å². The number of rotatable bonds is 5. The van der Waals surface area contributed by atoms with Gasteiger partial charge in [-0.2, -0.15) is 0 Å². The molecule has 4 nitrogen and oxygen atoms in total. The van der Waals surface area contributed by atoms with Gasteiger partial charge < -0.3 is 10.1 Å². The van der Waals surface area contributed by atoms with Gasteiger partial charge in [0.2, 0.25) is 0 Å². The third-order valence-electron chi connectivity index (χ3n) is 6.87. The SMILES string of the molecule is C[C@H](NC(=O)COC(=O)c1ccc(F)cc1Cl)C12CC3CC(CC(C3)C1)C2. The second-order valence-corrected chi connectivity index (χ2v) is 9.18. The van der Waals surface area contributed by atoms with Gasteiger partial charge in [-0.25, -0.2) is 9.18 Å². The maximum atomic E-state index is 13.1. The molecular weight excluding hydrogens is 369 g/mol. The van der Waals surface area contributed by atoms with E-state index in [9.17, 15) is 14.0 Å². The lowest BCUT2D eigenvalue weighted by Gasteiger charge is -2.59. The van der Waals surface area contributed by atoms with E-state index in [4.69, 9.17) is 16.3 Å². The van der Waals surface area contributed by atoms with Crippen LogP contribution >= 0.6 is 11.6 Å². The molecule has 6 heteroatoms. The molecule has 1 amide bonds. The van der Waals surface area contributed by atoms with Gasteiger partial charge >= 0.3 is 5.97 Å². The van der Waals surface area contributed by atoms with E-state index in [1.807, 2.05) is 0 Å². The molecule has 0 aromatic heterocycles. The summed E-state index contributed by atoms with van der Waals surface area (Å²) in [6.07, 6.45) is 7.67. The van der Waals surface area contributed by atoms with Crippen LogP contribution in [0.25, 0.3) is 0 Å². The van der Waals surface area contributed by atoms with Gasteiger partial charge in [0.15, 0.2) is 6.61 Å². The number of ether oxygens (including phenoxy) is 1. The molecule has 4 aliphatic carbocycles. The maximum absolute atomic E-state index is 13.1. The van der Waals surface area contributed by atoms with Crippen molar-refractivity contribution < 1.29 is 18.7 Å². The Morgan fingerprint density at radius 3 is 2.37 bits per heavy atom. The van der Waals surface area contributed by atoms with Gasteiger partial charge in [0.1, 0.15) is 5.82 Å². The van der Waals surface area contributed by atoms with Crippen molar-refractivity contribution in [3.63, 3.8) is 0 Å². The number of halogens is 2. The van der Waals surface area contributed by atoms with Crippen molar-refractivity contribution in [2.45, 2.75) is 51.5 Å². The van der Waals surface area contributed by atoms with Crippen LogP contribution < -0.4 is 5.32 Å². The largest absolute Gasteiger partial charge is 0.452 e. The molecule has 4 aliphatic rings. The fraction of sp³-hybridized carbons (Fsp3) is 0.619. The van der Waals surface area contributed by atoms with Crippen molar-refractivity contribution in [1.82, 2.24) is 5.32 Å². The van der Waals surface area contributed by atoms with Crippen LogP contribution in [0.15, 0.2) is 18.2 Å². The highest BCUT2D eigenvalue weighted by Crippen LogP contribution is 2.61. The molecule has 1 aromatic carbocycles. The lowest BCUT2D eigenvalue weighted by Crippen LogP contribution is -2.56. The highest BCUT2D eigenvalue weighted by Gasteiger charge is 2.53. The number of carbonyl (C=O) groups is 2.